The number of piperazine rings is 1. The topological polar surface area (TPSA) is 78.0 Å². The highest BCUT2D eigenvalue weighted by atomic mass is 16.1. The van der Waals surface area contributed by atoms with Crippen molar-refractivity contribution in [3.05, 3.63) is 63.7 Å². The quantitative estimate of drug-likeness (QED) is 0.631. The fourth-order valence-corrected chi connectivity index (χ4v) is 4.43. The molecule has 3 heterocycles. The van der Waals surface area contributed by atoms with Crippen LogP contribution in [0.3, 0.4) is 0 Å². The van der Waals surface area contributed by atoms with Crippen molar-refractivity contribution in [1.82, 2.24) is 19.4 Å². The Morgan fingerprint density at radius 1 is 1.06 bits per heavy atom. The van der Waals surface area contributed by atoms with E-state index in [2.05, 4.69) is 77.8 Å². The van der Waals surface area contributed by atoms with Gasteiger partial charge >= 0.3 is 5.69 Å². The number of aryl methyl sites for hydroxylation is 1. The van der Waals surface area contributed by atoms with Crippen molar-refractivity contribution >= 4 is 16.9 Å². The zero-order valence-electron chi connectivity index (χ0n) is 19.4. The summed E-state index contributed by atoms with van der Waals surface area (Å²) in [6.07, 6.45) is 0. The molecule has 0 radical (unpaired) electrons. The van der Waals surface area contributed by atoms with Gasteiger partial charge in [0.15, 0.2) is 5.82 Å². The summed E-state index contributed by atoms with van der Waals surface area (Å²) in [5.74, 6) is 1.10. The standard InChI is InChI=1S/C25H30N6O/c1-16(2)20-8-6-19(7-9-20)15-30-13-18(4)31(14-17(30)3)24-23-22(29(5)25(32)28-24)11-10-21(12-26)27-23/h6-11,16-18H,13-15H2,1-5H3/t17-,18+/m1/s1. The van der Waals surface area contributed by atoms with Crippen molar-refractivity contribution < 1.29 is 0 Å². The van der Waals surface area contributed by atoms with Gasteiger partial charge in [-0.15, -0.1) is 0 Å². The first-order valence-corrected chi connectivity index (χ1v) is 11.2. The molecule has 166 valence electrons. The molecule has 0 spiro atoms. The third-order valence-corrected chi connectivity index (χ3v) is 6.47. The predicted molar refractivity (Wildman–Crippen MR) is 127 cm³/mol. The van der Waals surface area contributed by atoms with Crippen LogP contribution in [0.5, 0.6) is 0 Å². The van der Waals surface area contributed by atoms with Crippen LogP contribution < -0.4 is 10.6 Å². The summed E-state index contributed by atoms with van der Waals surface area (Å²) < 4.78 is 1.48. The van der Waals surface area contributed by atoms with Gasteiger partial charge in [0.05, 0.1) is 5.52 Å². The molecular formula is C25H30N6O. The Hall–Kier alpha value is -3.24. The third-order valence-electron chi connectivity index (χ3n) is 6.47. The maximum atomic E-state index is 12.5. The Balaban J connectivity index is 1.61. The SMILES string of the molecule is CC(C)c1ccc(CN2C[C@H](C)N(c3nc(=O)n(C)c4ccc(C#N)nc34)C[C@H]2C)cc1. The fourth-order valence-electron chi connectivity index (χ4n) is 4.43. The van der Waals surface area contributed by atoms with E-state index >= 15 is 0 Å². The van der Waals surface area contributed by atoms with Crippen LogP contribution in [0.15, 0.2) is 41.2 Å². The summed E-state index contributed by atoms with van der Waals surface area (Å²) in [7, 11) is 1.68. The van der Waals surface area contributed by atoms with E-state index in [1.54, 1.807) is 19.2 Å². The van der Waals surface area contributed by atoms with Crippen LogP contribution in [-0.4, -0.2) is 44.6 Å². The number of hydrogen-bond acceptors (Lipinski definition) is 6. The highest BCUT2D eigenvalue weighted by Gasteiger charge is 2.31. The molecule has 1 aliphatic heterocycles. The molecule has 2 atom stereocenters. The van der Waals surface area contributed by atoms with Gasteiger partial charge in [0, 0.05) is 38.8 Å². The smallest absolute Gasteiger partial charge is 0.349 e. The van der Waals surface area contributed by atoms with Gasteiger partial charge in [-0.05, 0) is 43.0 Å². The Morgan fingerprint density at radius 2 is 1.78 bits per heavy atom. The summed E-state index contributed by atoms with van der Waals surface area (Å²) in [4.78, 5) is 26.0. The second-order valence-electron chi connectivity index (χ2n) is 9.13. The van der Waals surface area contributed by atoms with Gasteiger partial charge in [-0.2, -0.15) is 10.2 Å². The normalized spacial score (nSPS) is 19.5. The number of fused-ring (bicyclic) bond motifs is 1. The van der Waals surface area contributed by atoms with E-state index in [1.165, 1.54) is 15.7 Å². The molecule has 1 aromatic carbocycles. The zero-order chi connectivity index (χ0) is 23.0. The van der Waals surface area contributed by atoms with Crippen LogP contribution >= 0.6 is 0 Å². The Morgan fingerprint density at radius 3 is 2.44 bits per heavy atom. The van der Waals surface area contributed by atoms with Gasteiger partial charge in [0.2, 0.25) is 0 Å². The molecule has 0 saturated carbocycles. The first kappa shape index (κ1) is 22.0. The van der Waals surface area contributed by atoms with Crippen LogP contribution in [0.1, 0.15) is 50.4 Å². The molecule has 32 heavy (non-hydrogen) atoms. The molecule has 4 rings (SSSR count). The Kier molecular flexibility index (Phi) is 5.98. The number of hydrogen-bond donors (Lipinski definition) is 0. The second kappa shape index (κ2) is 8.71. The van der Waals surface area contributed by atoms with E-state index in [0.29, 0.717) is 28.5 Å². The van der Waals surface area contributed by atoms with Crippen molar-refractivity contribution in [2.24, 2.45) is 7.05 Å². The van der Waals surface area contributed by atoms with Crippen molar-refractivity contribution in [2.45, 2.75) is 52.2 Å². The summed E-state index contributed by atoms with van der Waals surface area (Å²) >= 11 is 0. The number of pyridine rings is 1. The van der Waals surface area contributed by atoms with E-state index in [9.17, 15) is 10.1 Å². The molecule has 1 fully saturated rings. The Bertz CT molecular complexity index is 1220. The van der Waals surface area contributed by atoms with Crippen LogP contribution in [0.25, 0.3) is 11.0 Å². The molecule has 7 nitrogen and oxygen atoms in total. The zero-order valence-corrected chi connectivity index (χ0v) is 19.4. The molecule has 1 aliphatic rings. The van der Waals surface area contributed by atoms with Crippen molar-refractivity contribution in [1.29, 1.82) is 5.26 Å². The van der Waals surface area contributed by atoms with Gasteiger partial charge < -0.3 is 4.90 Å². The number of nitrogens with zero attached hydrogens (tertiary/aromatic N) is 6. The minimum Gasteiger partial charge on any atom is -0.349 e. The lowest BCUT2D eigenvalue weighted by Crippen LogP contribution is -2.56. The van der Waals surface area contributed by atoms with E-state index in [0.717, 1.165) is 19.6 Å². The third kappa shape index (κ3) is 4.11. The van der Waals surface area contributed by atoms with Crippen molar-refractivity contribution in [3.63, 3.8) is 0 Å². The number of rotatable bonds is 4. The second-order valence-corrected chi connectivity index (χ2v) is 9.13. The molecule has 0 unspecified atom stereocenters. The maximum absolute atomic E-state index is 12.5. The van der Waals surface area contributed by atoms with E-state index in [1.807, 2.05) is 0 Å². The van der Waals surface area contributed by atoms with Crippen molar-refractivity contribution in [2.75, 3.05) is 18.0 Å². The summed E-state index contributed by atoms with van der Waals surface area (Å²) in [6, 6.07) is 14.8. The lowest BCUT2D eigenvalue weighted by Gasteiger charge is -2.44. The van der Waals surface area contributed by atoms with E-state index < -0.39 is 0 Å². The van der Waals surface area contributed by atoms with Crippen LogP contribution in [-0.2, 0) is 13.6 Å². The summed E-state index contributed by atoms with van der Waals surface area (Å²) in [5, 5.41) is 9.32. The highest BCUT2D eigenvalue weighted by Crippen LogP contribution is 2.28. The van der Waals surface area contributed by atoms with Gasteiger partial charge in [-0.3, -0.25) is 9.47 Å². The predicted octanol–water partition coefficient (Wildman–Crippen LogP) is 3.42. The molecule has 0 N–H and O–H groups in total. The van der Waals surface area contributed by atoms with E-state index in [-0.39, 0.29) is 17.8 Å². The Labute approximate surface area is 188 Å². The largest absolute Gasteiger partial charge is 0.349 e. The summed E-state index contributed by atoms with van der Waals surface area (Å²) in [6.45, 7) is 11.3. The minimum atomic E-state index is -0.313. The molecular weight excluding hydrogens is 400 g/mol. The van der Waals surface area contributed by atoms with Crippen molar-refractivity contribution in [3.8, 4) is 6.07 Å². The average molecular weight is 431 g/mol. The monoisotopic (exact) mass is 430 g/mol. The van der Waals surface area contributed by atoms with Gasteiger partial charge in [0.25, 0.3) is 0 Å². The lowest BCUT2D eigenvalue weighted by molar-refractivity contribution is 0.157. The van der Waals surface area contributed by atoms with Crippen LogP contribution in [0.4, 0.5) is 5.82 Å². The molecule has 0 aliphatic carbocycles. The van der Waals surface area contributed by atoms with Gasteiger partial charge in [0.1, 0.15) is 17.3 Å². The molecule has 0 bridgehead atoms. The number of benzene rings is 1. The molecule has 1 saturated heterocycles. The highest BCUT2D eigenvalue weighted by molar-refractivity contribution is 5.86. The fraction of sp³-hybridized carbons (Fsp3) is 0.440. The van der Waals surface area contributed by atoms with Crippen LogP contribution in [0, 0.1) is 11.3 Å². The maximum Gasteiger partial charge on any atom is 0.349 e. The molecule has 3 aromatic rings. The lowest BCUT2D eigenvalue weighted by atomic mass is 10.0. The summed E-state index contributed by atoms with van der Waals surface area (Å²) in [5.41, 5.74) is 3.96. The molecule has 2 aromatic heterocycles. The van der Waals surface area contributed by atoms with Gasteiger partial charge in [-0.25, -0.2) is 9.78 Å². The minimum absolute atomic E-state index is 0.150. The van der Waals surface area contributed by atoms with Crippen LogP contribution in [0.2, 0.25) is 0 Å². The first-order valence-electron chi connectivity index (χ1n) is 11.2. The average Bonchev–Trinajstić information content (AvgIpc) is 2.78. The number of nitriles is 1. The van der Waals surface area contributed by atoms with Gasteiger partial charge in [-0.1, -0.05) is 38.1 Å². The molecule has 0 amide bonds. The number of aromatic nitrogens is 3. The number of anilines is 1. The molecule has 7 heteroatoms. The first-order chi connectivity index (χ1) is 15.3. The van der Waals surface area contributed by atoms with E-state index in [4.69, 9.17) is 0 Å².